The Morgan fingerprint density at radius 1 is 1.09 bits per heavy atom. The molecule has 3 rings (SSSR count). The molecule has 1 N–H and O–H groups in total. The Balaban J connectivity index is 1.73. The molecule has 0 unspecified atom stereocenters. The Hall–Kier alpha value is -3.22. The van der Waals surface area contributed by atoms with E-state index >= 15 is 0 Å². The molecule has 7 heteroatoms. The third kappa shape index (κ3) is 5.93. The summed E-state index contributed by atoms with van der Waals surface area (Å²) in [5, 5.41) is 2.99. The molecule has 0 bridgehead atoms. The van der Waals surface area contributed by atoms with Crippen molar-refractivity contribution in [3.63, 3.8) is 0 Å². The molecule has 1 aliphatic rings. The summed E-state index contributed by atoms with van der Waals surface area (Å²) in [4.78, 5) is 27.7. The molecule has 0 saturated heterocycles. The van der Waals surface area contributed by atoms with Crippen LogP contribution in [0.15, 0.2) is 42.5 Å². The first kappa shape index (κ1) is 23.4. The highest BCUT2D eigenvalue weighted by Crippen LogP contribution is 2.32. The number of hydrogen-bond acceptors (Lipinski definition) is 5. The number of nitrogens with zero attached hydrogens (tertiary/aromatic N) is 1. The van der Waals surface area contributed by atoms with Gasteiger partial charge in [-0.15, -0.1) is 0 Å². The van der Waals surface area contributed by atoms with E-state index in [4.69, 9.17) is 14.2 Å². The first-order chi connectivity index (χ1) is 15.4. The number of ether oxygens (including phenoxy) is 3. The molecule has 1 heterocycles. The number of amides is 2. The van der Waals surface area contributed by atoms with Crippen LogP contribution in [0.4, 0.5) is 0 Å². The van der Waals surface area contributed by atoms with Crippen molar-refractivity contribution in [1.82, 2.24) is 10.2 Å². The summed E-state index contributed by atoms with van der Waals surface area (Å²) in [7, 11) is 1.61. The van der Waals surface area contributed by atoms with Gasteiger partial charge in [0.1, 0.15) is 11.8 Å². The van der Waals surface area contributed by atoms with Gasteiger partial charge in [0, 0.05) is 19.0 Å². The molecular weight excluding hydrogens is 408 g/mol. The van der Waals surface area contributed by atoms with Gasteiger partial charge in [-0.2, -0.15) is 0 Å². The van der Waals surface area contributed by atoms with E-state index in [1.807, 2.05) is 56.3 Å². The summed E-state index contributed by atoms with van der Waals surface area (Å²) in [5.41, 5.74) is 1.89. The minimum Gasteiger partial charge on any atom is -0.497 e. The molecule has 0 radical (unpaired) electrons. The third-order valence-corrected chi connectivity index (χ3v) is 5.72. The molecule has 7 nitrogen and oxygen atoms in total. The lowest BCUT2D eigenvalue weighted by Crippen LogP contribution is -2.49. The summed E-state index contributed by atoms with van der Waals surface area (Å²) in [5.74, 6) is 1.89. The minimum absolute atomic E-state index is 0.0485. The van der Waals surface area contributed by atoms with Gasteiger partial charge in [0.2, 0.25) is 18.6 Å². The second-order valence-electron chi connectivity index (χ2n) is 8.05. The van der Waals surface area contributed by atoms with Crippen LogP contribution in [0.3, 0.4) is 0 Å². The van der Waals surface area contributed by atoms with Crippen LogP contribution in [-0.4, -0.2) is 42.7 Å². The Morgan fingerprint density at radius 3 is 2.62 bits per heavy atom. The Kier molecular flexibility index (Phi) is 7.98. The van der Waals surface area contributed by atoms with Gasteiger partial charge in [-0.1, -0.05) is 25.1 Å². The first-order valence-corrected chi connectivity index (χ1v) is 11.0. The molecule has 32 heavy (non-hydrogen) atoms. The van der Waals surface area contributed by atoms with Crippen molar-refractivity contribution in [1.29, 1.82) is 0 Å². The van der Waals surface area contributed by atoms with Gasteiger partial charge < -0.3 is 24.4 Å². The number of methoxy groups -OCH3 is 1. The zero-order valence-electron chi connectivity index (χ0n) is 19.2. The maximum absolute atomic E-state index is 13.3. The van der Waals surface area contributed by atoms with Crippen LogP contribution >= 0.6 is 0 Å². The van der Waals surface area contributed by atoms with Gasteiger partial charge in [0.25, 0.3) is 0 Å². The fourth-order valence-electron chi connectivity index (χ4n) is 3.51. The van der Waals surface area contributed by atoms with Gasteiger partial charge in [-0.05, 0) is 62.1 Å². The van der Waals surface area contributed by atoms with Crippen molar-refractivity contribution in [3.8, 4) is 17.2 Å². The zero-order valence-corrected chi connectivity index (χ0v) is 19.2. The molecule has 172 valence electrons. The number of nitrogens with one attached hydrogen (secondary N) is 1. The van der Waals surface area contributed by atoms with Crippen molar-refractivity contribution in [3.05, 3.63) is 53.6 Å². The van der Waals surface area contributed by atoms with Crippen LogP contribution in [0.5, 0.6) is 17.2 Å². The summed E-state index contributed by atoms with van der Waals surface area (Å²) < 4.78 is 16.1. The Labute approximate surface area is 189 Å². The maximum atomic E-state index is 13.3. The number of aryl methyl sites for hydroxylation is 1. The van der Waals surface area contributed by atoms with Crippen LogP contribution in [0, 0.1) is 0 Å². The number of hydrogen-bond donors (Lipinski definition) is 1. The SMILES string of the molecule is CC[C@@H](C)NC(=O)[C@@H](C)N(Cc1cccc(OC)c1)C(=O)CCc1ccc2c(c1)OCO2. The molecule has 0 aliphatic carbocycles. The van der Waals surface area contributed by atoms with Gasteiger partial charge in [-0.25, -0.2) is 0 Å². The normalized spacial score (nSPS) is 13.9. The van der Waals surface area contributed by atoms with Crippen LogP contribution < -0.4 is 19.5 Å². The fraction of sp³-hybridized carbons (Fsp3) is 0.440. The molecule has 0 aromatic heterocycles. The van der Waals surface area contributed by atoms with E-state index in [-0.39, 0.29) is 31.1 Å². The van der Waals surface area contributed by atoms with Crippen LogP contribution in [0.1, 0.15) is 44.7 Å². The molecular formula is C25H32N2O5. The lowest BCUT2D eigenvalue weighted by molar-refractivity contribution is -0.140. The highest BCUT2D eigenvalue weighted by Gasteiger charge is 2.27. The number of carbonyl (C=O) groups excluding carboxylic acids is 2. The van der Waals surface area contributed by atoms with Crippen molar-refractivity contribution in [2.75, 3.05) is 13.9 Å². The summed E-state index contributed by atoms with van der Waals surface area (Å²) in [6.07, 6.45) is 1.65. The zero-order chi connectivity index (χ0) is 23.1. The molecule has 2 aromatic carbocycles. The fourth-order valence-corrected chi connectivity index (χ4v) is 3.51. The maximum Gasteiger partial charge on any atom is 0.242 e. The van der Waals surface area contributed by atoms with E-state index in [0.717, 1.165) is 23.3 Å². The molecule has 2 atom stereocenters. The van der Waals surface area contributed by atoms with Crippen molar-refractivity contribution >= 4 is 11.8 Å². The molecule has 0 saturated carbocycles. The van der Waals surface area contributed by atoms with E-state index in [1.165, 1.54) is 0 Å². The Bertz CT molecular complexity index is 946. The second kappa shape index (κ2) is 10.9. The Morgan fingerprint density at radius 2 is 1.88 bits per heavy atom. The van der Waals surface area contributed by atoms with Gasteiger partial charge in [0.15, 0.2) is 11.5 Å². The number of carbonyl (C=O) groups is 2. The molecule has 0 spiro atoms. The average molecular weight is 441 g/mol. The summed E-state index contributed by atoms with van der Waals surface area (Å²) in [6.45, 7) is 6.29. The second-order valence-corrected chi connectivity index (χ2v) is 8.05. The smallest absolute Gasteiger partial charge is 0.242 e. The molecule has 0 fully saturated rings. The van der Waals surface area contributed by atoms with Crippen molar-refractivity contribution in [2.24, 2.45) is 0 Å². The average Bonchev–Trinajstić information content (AvgIpc) is 3.28. The van der Waals surface area contributed by atoms with Crippen LogP contribution in [0.2, 0.25) is 0 Å². The predicted molar refractivity (Wildman–Crippen MR) is 122 cm³/mol. The first-order valence-electron chi connectivity index (χ1n) is 11.0. The van der Waals surface area contributed by atoms with Gasteiger partial charge >= 0.3 is 0 Å². The quantitative estimate of drug-likeness (QED) is 0.610. The predicted octanol–water partition coefficient (Wildman–Crippen LogP) is 3.69. The lowest BCUT2D eigenvalue weighted by Gasteiger charge is -2.30. The topological polar surface area (TPSA) is 77.1 Å². The standard InChI is InChI=1S/C25H32N2O5/c1-5-17(2)26-25(29)18(3)27(15-20-7-6-8-21(13-20)30-4)24(28)12-10-19-9-11-22-23(14-19)32-16-31-22/h6-9,11,13-14,17-18H,5,10,12,15-16H2,1-4H3,(H,26,29)/t17-,18-/m1/s1. The lowest BCUT2D eigenvalue weighted by atomic mass is 10.1. The number of fused-ring (bicyclic) bond motifs is 1. The van der Waals surface area contributed by atoms with E-state index in [1.54, 1.807) is 18.9 Å². The van der Waals surface area contributed by atoms with Crippen LogP contribution in [0.25, 0.3) is 0 Å². The van der Waals surface area contributed by atoms with E-state index in [2.05, 4.69) is 5.32 Å². The van der Waals surface area contributed by atoms with E-state index in [0.29, 0.717) is 24.5 Å². The molecule has 1 aliphatic heterocycles. The van der Waals surface area contributed by atoms with Crippen LogP contribution in [-0.2, 0) is 22.6 Å². The van der Waals surface area contributed by atoms with Crippen molar-refractivity contribution in [2.45, 2.75) is 58.7 Å². The highest BCUT2D eigenvalue weighted by atomic mass is 16.7. The third-order valence-electron chi connectivity index (χ3n) is 5.72. The summed E-state index contributed by atoms with van der Waals surface area (Å²) in [6, 6.07) is 12.7. The minimum atomic E-state index is -0.598. The monoisotopic (exact) mass is 440 g/mol. The van der Waals surface area contributed by atoms with Gasteiger partial charge in [-0.3, -0.25) is 9.59 Å². The molecule has 2 aromatic rings. The largest absolute Gasteiger partial charge is 0.497 e. The molecule has 2 amide bonds. The van der Waals surface area contributed by atoms with Crippen molar-refractivity contribution < 1.29 is 23.8 Å². The van der Waals surface area contributed by atoms with Gasteiger partial charge in [0.05, 0.1) is 7.11 Å². The summed E-state index contributed by atoms with van der Waals surface area (Å²) >= 11 is 0. The highest BCUT2D eigenvalue weighted by molar-refractivity contribution is 5.87. The number of rotatable bonds is 10. The van der Waals surface area contributed by atoms with E-state index < -0.39 is 6.04 Å². The van der Waals surface area contributed by atoms with E-state index in [9.17, 15) is 9.59 Å². The number of benzene rings is 2.